The average Bonchev–Trinajstić information content (AvgIpc) is 2.44. The molecule has 0 N–H and O–H groups in total. The minimum absolute atomic E-state index is 0.0413. The average molecular weight is 314 g/mol. The third kappa shape index (κ3) is 3.13. The molecule has 0 bridgehead atoms. The number of ketones is 1. The van der Waals surface area contributed by atoms with Crippen molar-refractivity contribution in [2.45, 2.75) is 26.1 Å². The van der Waals surface area contributed by atoms with E-state index in [0.717, 1.165) is 6.08 Å². The molecule has 1 aromatic rings. The van der Waals surface area contributed by atoms with Crippen LogP contribution in [-0.2, 0) is 9.53 Å². The summed E-state index contributed by atoms with van der Waals surface area (Å²) in [6.45, 7) is 2.77. The highest BCUT2D eigenvalue weighted by Gasteiger charge is 2.48. The van der Waals surface area contributed by atoms with Gasteiger partial charge in [-0.25, -0.2) is 4.79 Å². The normalized spacial score (nSPS) is 17.1. The molecular weight excluding hydrogens is 301 g/mol. The summed E-state index contributed by atoms with van der Waals surface area (Å²) >= 11 is 0. The lowest BCUT2D eigenvalue weighted by molar-refractivity contribution is -0.187. The van der Waals surface area contributed by atoms with Crippen LogP contribution in [0.1, 0.15) is 29.8 Å². The first-order valence-corrected chi connectivity index (χ1v) is 6.51. The van der Waals surface area contributed by atoms with Crippen LogP contribution in [0.2, 0.25) is 0 Å². The second-order valence-corrected chi connectivity index (χ2v) is 4.67. The zero-order valence-electron chi connectivity index (χ0n) is 11.9. The van der Waals surface area contributed by atoms with Crippen molar-refractivity contribution in [3.8, 4) is 5.75 Å². The largest absolute Gasteiger partial charge is 0.475 e. The topological polar surface area (TPSA) is 52.6 Å². The highest BCUT2D eigenvalue weighted by molar-refractivity contribution is 5.98. The summed E-state index contributed by atoms with van der Waals surface area (Å²) < 4.78 is 48.7. The predicted octanol–water partition coefficient (Wildman–Crippen LogP) is 3.16. The maximum atomic E-state index is 13.1. The van der Waals surface area contributed by atoms with Gasteiger partial charge in [0.05, 0.1) is 12.2 Å². The van der Waals surface area contributed by atoms with Gasteiger partial charge in [0.25, 0.3) is 0 Å². The van der Waals surface area contributed by atoms with Crippen molar-refractivity contribution in [2.24, 2.45) is 0 Å². The molecule has 1 aromatic carbocycles. The smallest absolute Gasteiger partial charge is 0.430 e. The number of hydrogen-bond donors (Lipinski definition) is 0. The minimum atomic E-state index is -4.75. The second-order valence-electron chi connectivity index (χ2n) is 4.67. The van der Waals surface area contributed by atoms with Gasteiger partial charge in [-0.2, -0.15) is 13.2 Å². The Morgan fingerprint density at radius 2 is 2.00 bits per heavy atom. The van der Waals surface area contributed by atoms with Crippen LogP contribution in [0.4, 0.5) is 13.2 Å². The molecule has 0 spiro atoms. The van der Waals surface area contributed by atoms with Gasteiger partial charge in [0.2, 0.25) is 6.10 Å². The molecule has 118 valence electrons. The Balaban J connectivity index is 2.51. The quantitative estimate of drug-likeness (QED) is 0.635. The predicted molar refractivity (Wildman–Crippen MR) is 71.5 cm³/mol. The summed E-state index contributed by atoms with van der Waals surface area (Å²) in [6.07, 6.45) is -6.08. The van der Waals surface area contributed by atoms with Gasteiger partial charge in [0.1, 0.15) is 5.75 Å². The number of carbonyl (C=O) groups is 2. The third-order valence-corrected chi connectivity index (χ3v) is 3.06. The van der Waals surface area contributed by atoms with E-state index >= 15 is 0 Å². The minimum Gasteiger partial charge on any atom is -0.475 e. The maximum absolute atomic E-state index is 13.1. The van der Waals surface area contributed by atoms with Crippen LogP contribution < -0.4 is 4.74 Å². The molecule has 0 saturated heterocycles. The summed E-state index contributed by atoms with van der Waals surface area (Å²) in [6, 6.07) is 4.03. The molecule has 0 saturated carbocycles. The van der Waals surface area contributed by atoms with Crippen LogP contribution in [0.25, 0.3) is 6.08 Å². The second kappa shape index (κ2) is 5.82. The van der Waals surface area contributed by atoms with E-state index in [1.165, 1.54) is 32.0 Å². The Labute approximate surface area is 124 Å². The first-order valence-electron chi connectivity index (χ1n) is 6.51. The van der Waals surface area contributed by atoms with Crippen molar-refractivity contribution in [3.05, 3.63) is 34.9 Å². The summed E-state index contributed by atoms with van der Waals surface area (Å²) in [5.41, 5.74) is -0.0916. The Bertz CT molecular complexity index is 647. The Hall–Kier alpha value is -2.31. The third-order valence-electron chi connectivity index (χ3n) is 3.06. The van der Waals surface area contributed by atoms with Crippen molar-refractivity contribution in [2.75, 3.05) is 6.61 Å². The fraction of sp³-hybridized carbons (Fsp3) is 0.333. The van der Waals surface area contributed by atoms with E-state index in [9.17, 15) is 22.8 Å². The van der Waals surface area contributed by atoms with Gasteiger partial charge in [0.15, 0.2) is 5.78 Å². The molecular formula is C15H13F3O4. The molecule has 0 aromatic heterocycles. The van der Waals surface area contributed by atoms with Crippen LogP contribution in [0.5, 0.6) is 5.75 Å². The van der Waals surface area contributed by atoms with Crippen LogP contribution in [0.3, 0.4) is 0 Å². The molecule has 1 unspecified atom stereocenters. The van der Waals surface area contributed by atoms with Gasteiger partial charge < -0.3 is 9.47 Å². The van der Waals surface area contributed by atoms with Crippen molar-refractivity contribution in [3.63, 3.8) is 0 Å². The highest BCUT2D eigenvalue weighted by Crippen LogP contribution is 2.37. The van der Waals surface area contributed by atoms with Gasteiger partial charge in [-0.15, -0.1) is 0 Å². The SMILES string of the molecule is CCOC(=O)C1=Cc2cc(C(C)=O)ccc2OC1C(F)(F)F. The number of ether oxygens (including phenoxy) is 2. The molecule has 22 heavy (non-hydrogen) atoms. The maximum Gasteiger partial charge on any atom is 0.430 e. The van der Waals surface area contributed by atoms with E-state index in [0.29, 0.717) is 5.56 Å². The molecule has 0 aliphatic carbocycles. The van der Waals surface area contributed by atoms with Gasteiger partial charge in [-0.05, 0) is 38.1 Å². The number of benzene rings is 1. The van der Waals surface area contributed by atoms with Gasteiger partial charge in [0, 0.05) is 11.1 Å². The number of hydrogen-bond acceptors (Lipinski definition) is 4. The first kappa shape index (κ1) is 16.1. The Morgan fingerprint density at radius 3 is 2.55 bits per heavy atom. The lowest BCUT2D eigenvalue weighted by atomic mass is 9.98. The molecule has 0 amide bonds. The molecule has 2 rings (SSSR count). The van der Waals surface area contributed by atoms with Gasteiger partial charge in [-0.3, -0.25) is 4.79 Å². The van der Waals surface area contributed by atoms with Gasteiger partial charge >= 0.3 is 12.1 Å². The van der Waals surface area contributed by atoms with Crippen molar-refractivity contribution < 1.29 is 32.2 Å². The number of alkyl halides is 3. The lowest BCUT2D eigenvalue weighted by Crippen LogP contribution is -2.40. The first-order chi connectivity index (χ1) is 10.2. The highest BCUT2D eigenvalue weighted by atomic mass is 19.4. The van der Waals surface area contributed by atoms with E-state index in [1.54, 1.807) is 0 Å². The molecule has 4 nitrogen and oxygen atoms in total. The fourth-order valence-corrected chi connectivity index (χ4v) is 2.04. The molecule has 1 atom stereocenters. The van der Waals surface area contributed by atoms with E-state index in [-0.39, 0.29) is 23.7 Å². The standard InChI is InChI=1S/C15H13F3O4/c1-3-21-14(20)11-7-10-6-9(8(2)19)4-5-12(10)22-13(11)15(16,17)18/h4-7,13H,3H2,1-2H3. The van der Waals surface area contributed by atoms with E-state index in [2.05, 4.69) is 4.74 Å². The number of rotatable bonds is 3. The van der Waals surface area contributed by atoms with Crippen molar-refractivity contribution in [1.82, 2.24) is 0 Å². The summed E-state index contributed by atoms with van der Waals surface area (Å²) in [5.74, 6) is -1.38. The lowest BCUT2D eigenvalue weighted by Gasteiger charge is -2.27. The monoisotopic (exact) mass is 314 g/mol. The van der Waals surface area contributed by atoms with Crippen LogP contribution in [-0.4, -0.2) is 30.6 Å². The summed E-state index contributed by atoms with van der Waals surface area (Å²) in [5, 5.41) is 0. The van der Waals surface area contributed by atoms with E-state index in [1.807, 2.05) is 0 Å². The molecule has 0 radical (unpaired) electrons. The van der Waals surface area contributed by atoms with Crippen molar-refractivity contribution in [1.29, 1.82) is 0 Å². The fourth-order valence-electron chi connectivity index (χ4n) is 2.04. The number of fused-ring (bicyclic) bond motifs is 1. The number of esters is 1. The molecule has 1 aliphatic rings. The van der Waals surface area contributed by atoms with Crippen molar-refractivity contribution >= 4 is 17.8 Å². The summed E-state index contributed by atoms with van der Waals surface area (Å²) in [4.78, 5) is 23.1. The number of carbonyl (C=O) groups excluding carboxylic acids is 2. The van der Waals surface area contributed by atoms with E-state index in [4.69, 9.17) is 4.74 Å². The molecule has 7 heteroatoms. The zero-order valence-corrected chi connectivity index (χ0v) is 11.9. The zero-order chi connectivity index (χ0) is 16.5. The van der Waals surface area contributed by atoms with Crippen LogP contribution in [0, 0.1) is 0 Å². The number of halogens is 3. The number of Topliss-reactive ketones (excluding diaryl/α,β-unsaturated/α-hetero) is 1. The summed E-state index contributed by atoms with van der Waals surface area (Å²) in [7, 11) is 0. The molecule has 1 heterocycles. The Morgan fingerprint density at radius 1 is 1.32 bits per heavy atom. The Kier molecular flexibility index (Phi) is 4.25. The molecule has 0 fully saturated rings. The van der Waals surface area contributed by atoms with Crippen LogP contribution >= 0.6 is 0 Å². The van der Waals surface area contributed by atoms with Crippen LogP contribution in [0.15, 0.2) is 23.8 Å². The van der Waals surface area contributed by atoms with Gasteiger partial charge in [-0.1, -0.05) is 0 Å². The molecule has 1 aliphatic heterocycles. The van der Waals surface area contributed by atoms with E-state index < -0.39 is 23.8 Å².